The van der Waals surface area contributed by atoms with Gasteiger partial charge in [-0.3, -0.25) is 4.79 Å². The lowest BCUT2D eigenvalue weighted by Crippen LogP contribution is -2.51. The maximum absolute atomic E-state index is 12.2. The zero-order valence-corrected chi connectivity index (χ0v) is 13.1. The molecule has 1 amide bonds. The summed E-state index contributed by atoms with van der Waals surface area (Å²) in [6, 6.07) is 0. The molecule has 1 fully saturated rings. The van der Waals surface area contributed by atoms with E-state index >= 15 is 0 Å². The number of alkyl halides is 1. The first kappa shape index (κ1) is 15.8. The predicted octanol–water partition coefficient (Wildman–Crippen LogP) is 4.12. The summed E-state index contributed by atoms with van der Waals surface area (Å²) in [6.45, 7) is 8.70. The number of carbonyl (C=O) groups excluding carboxylic acids is 1. The lowest BCUT2D eigenvalue weighted by Gasteiger charge is -2.37. The van der Waals surface area contributed by atoms with Crippen molar-refractivity contribution in [1.29, 1.82) is 0 Å². The SMILES string of the molecule is CC(CC(=O)NC1(CCl)CCCCC1)C(C)(C)C. The zero-order chi connectivity index (χ0) is 13.8. The molecule has 0 aromatic heterocycles. The molecule has 18 heavy (non-hydrogen) atoms. The minimum atomic E-state index is -0.130. The van der Waals surface area contributed by atoms with Crippen molar-refractivity contribution >= 4 is 17.5 Å². The molecule has 1 N–H and O–H groups in total. The number of halogens is 1. The van der Waals surface area contributed by atoms with Gasteiger partial charge in [-0.1, -0.05) is 47.0 Å². The van der Waals surface area contributed by atoms with Crippen LogP contribution in [0.4, 0.5) is 0 Å². The smallest absolute Gasteiger partial charge is 0.220 e. The molecule has 2 nitrogen and oxygen atoms in total. The molecule has 0 aromatic carbocycles. The van der Waals surface area contributed by atoms with Gasteiger partial charge < -0.3 is 5.32 Å². The highest BCUT2D eigenvalue weighted by atomic mass is 35.5. The first-order valence-electron chi connectivity index (χ1n) is 7.16. The average molecular weight is 274 g/mol. The Kier molecular flexibility index (Phi) is 5.51. The fourth-order valence-corrected chi connectivity index (χ4v) is 2.79. The van der Waals surface area contributed by atoms with Crippen LogP contribution in [0.5, 0.6) is 0 Å². The van der Waals surface area contributed by atoms with Crippen LogP contribution in [-0.2, 0) is 4.79 Å². The first-order chi connectivity index (χ1) is 8.29. The molecular formula is C15H28ClNO. The van der Waals surface area contributed by atoms with Crippen molar-refractivity contribution in [1.82, 2.24) is 5.32 Å². The van der Waals surface area contributed by atoms with Crippen molar-refractivity contribution in [2.45, 2.75) is 71.8 Å². The number of rotatable bonds is 4. The van der Waals surface area contributed by atoms with Gasteiger partial charge in [0.2, 0.25) is 5.91 Å². The molecule has 106 valence electrons. The van der Waals surface area contributed by atoms with Gasteiger partial charge in [-0.25, -0.2) is 0 Å². The van der Waals surface area contributed by atoms with Crippen LogP contribution >= 0.6 is 11.6 Å². The van der Waals surface area contributed by atoms with Gasteiger partial charge in [0.05, 0.1) is 5.54 Å². The fourth-order valence-electron chi connectivity index (χ4n) is 2.45. The van der Waals surface area contributed by atoms with E-state index in [4.69, 9.17) is 11.6 Å². The number of hydrogen-bond donors (Lipinski definition) is 1. The molecule has 1 atom stereocenters. The van der Waals surface area contributed by atoms with E-state index in [-0.39, 0.29) is 16.9 Å². The van der Waals surface area contributed by atoms with E-state index in [0.717, 1.165) is 12.8 Å². The highest BCUT2D eigenvalue weighted by molar-refractivity contribution is 6.18. The van der Waals surface area contributed by atoms with Crippen molar-refractivity contribution in [3.8, 4) is 0 Å². The molecule has 0 saturated heterocycles. The second-order valence-corrected chi connectivity index (χ2v) is 7.26. The van der Waals surface area contributed by atoms with Crippen molar-refractivity contribution in [2.24, 2.45) is 11.3 Å². The van der Waals surface area contributed by atoms with E-state index in [1.807, 2.05) is 0 Å². The maximum Gasteiger partial charge on any atom is 0.220 e. The first-order valence-corrected chi connectivity index (χ1v) is 7.69. The van der Waals surface area contributed by atoms with Crippen molar-refractivity contribution in [3.63, 3.8) is 0 Å². The lowest BCUT2D eigenvalue weighted by molar-refractivity contribution is -0.124. The maximum atomic E-state index is 12.2. The molecule has 0 bridgehead atoms. The van der Waals surface area contributed by atoms with Crippen LogP contribution < -0.4 is 5.32 Å². The van der Waals surface area contributed by atoms with Gasteiger partial charge in [0, 0.05) is 12.3 Å². The monoisotopic (exact) mass is 273 g/mol. The van der Waals surface area contributed by atoms with E-state index in [1.54, 1.807) is 0 Å². The van der Waals surface area contributed by atoms with Crippen LogP contribution in [0.15, 0.2) is 0 Å². The minimum Gasteiger partial charge on any atom is -0.349 e. The Hall–Kier alpha value is -0.240. The number of carbonyl (C=O) groups is 1. The van der Waals surface area contributed by atoms with Crippen LogP contribution in [0.25, 0.3) is 0 Å². The highest BCUT2D eigenvalue weighted by Gasteiger charge is 2.33. The third-order valence-corrected chi connectivity index (χ3v) is 4.95. The molecule has 1 saturated carbocycles. The van der Waals surface area contributed by atoms with Gasteiger partial charge in [0.1, 0.15) is 0 Å². The van der Waals surface area contributed by atoms with Crippen molar-refractivity contribution in [2.75, 3.05) is 5.88 Å². The van der Waals surface area contributed by atoms with Crippen LogP contribution in [0.1, 0.15) is 66.2 Å². The molecule has 1 unspecified atom stereocenters. The summed E-state index contributed by atoms with van der Waals surface area (Å²) >= 11 is 6.09. The second kappa shape index (κ2) is 6.27. The van der Waals surface area contributed by atoms with Crippen LogP contribution in [0.2, 0.25) is 0 Å². The molecule has 1 rings (SSSR count). The Morgan fingerprint density at radius 1 is 1.28 bits per heavy atom. The summed E-state index contributed by atoms with van der Waals surface area (Å²) < 4.78 is 0. The Bertz CT molecular complexity index is 277. The Labute approximate surface area is 117 Å². The van der Waals surface area contributed by atoms with Crippen LogP contribution in [0, 0.1) is 11.3 Å². The van der Waals surface area contributed by atoms with Crippen molar-refractivity contribution in [3.05, 3.63) is 0 Å². The molecule has 0 aromatic rings. The molecule has 0 spiro atoms. The summed E-state index contributed by atoms with van der Waals surface area (Å²) in [6.07, 6.45) is 6.30. The molecule has 1 aliphatic carbocycles. The summed E-state index contributed by atoms with van der Waals surface area (Å²) in [5.41, 5.74) is 0.0481. The fraction of sp³-hybridized carbons (Fsp3) is 0.933. The van der Waals surface area contributed by atoms with Gasteiger partial charge in [0.25, 0.3) is 0 Å². The normalized spacial score (nSPS) is 21.4. The third kappa shape index (κ3) is 4.46. The number of nitrogens with one attached hydrogen (secondary N) is 1. The summed E-state index contributed by atoms with van der Waals surface area (Å²) in [4.78, 5) is 12.2. The van der Waals surface area contributed by atoms with E-state index in [2.05, 4.69) is 33.0 Å². The average Bonchev–Trinajstić information content (AvgIpc) is 2.28. The summed E-state index contributed by atoms with van der Waals surface area (Å²) in [5.74, 6) is 1.09. The minimum absolute atomic E-state index is 0.130. The molecular weight excluding hydrogens is 246 g/mol. The molecule has 3 heteroatoms. The van der Waals surface area contributed by atoms with Gasteiger partial charge >= 0.3 is 0 Å². The quantitative estimate of drug-likeness (QED) is 0.767. The van der Waals surface area contributed by atoms with E-state index in [0.29, 0.717) is 18.2 Å². The van der Waals surface area contributed by atoms with Crippen LogP contribution in [-0.4, -0.2) is 17.3 Å². The summed E-state index contributed by atoms with van der Waals surface area (Å²) in [5, 5.41) is 3.21. The van der Waals surface area contributed by atoms with Crippen LogP contribution in [0.3, 0.4) is 0 Å². The van der Waals surface area contributed by atoms with Gasteiger partial charge in [-0.05, 0) is 24.2 Å². The van der Waals surface area contributed by atoms with Crippen molar-refractivity contribution < 1.29 is 4.79 Å². The van der Waals surface area contributed by atoms with Gasteiger partial charge in [-0.15, -0.1) is 11.6 Å². The molecule has 0 radical (unpaired) electrons. The molecule has 1 aliphatic rings. The predicted molar refractivity (Wildman–Crippen MR) is 77.9 cm³/mol. The summed E-state index contributed by atoms with van der Waals surface area (Å²) in [7, 11) is 0. The number of amides is 1. The second-order valence-electron chi connectivity index (χ2n) is 6.99. The standard InChI is InChI=1S/C15H28ClNO/c1-12(14(2,3)4)10-13(18)17-15(11-16)8-6-5-7-9-15/h12H,5-11H2,1-4H3,(H,17,18). The largest absolute Gasteiger partial charge is 0.349 e. The highest BCUT2D eigenvalue weighted by Crippen LogP contribution is 2.31. The van der Waals surface area contributed by atoms with Gasteiger partial charge in [-0.2, -0.15) is 0 Å². The van der Waals surface area contributed by atoms with Gasteiger partial charge in [0.15, 0.2) is 0 Å². The third-order valence-electron chi connectivity index (χ3n) is 4.44. The molecule has 0 heterocycles. The van der Waals surface area contributed by atoms with E-state index < -0.39 is 0 Å². The molecule has 0 aliphatic heterocycles. The van der Waals surface area contributed by atoms with E-state index in [1.165, 1.54) is 19.3 Å². The zero-order valence-electron chi connectivity index (χ0n) is 12.3. The lowest BCUT2D eigenvalue weighted by atomic mass is 9.79. The Morgan fingerprint density at radius 2 is 1.83 bits per heavy atom. The Morgan fingerprint density at radius 3 is 2.28 bits per heavy atom. The number of hydrogen-bond acceptors (Lipinski definition) is 1. The topological polar surface area (TPSA) is 29.1 Å². The van der Waals surface area contributed by atoms with E-state index in [9.17, 15) is 4.79 Å². The Balaban J connectivity index is 2.52.